The van der Waals surface area contributed by atoms with Gasteiger partial charge in [-0.2, -0.15) is 0 Å². The molecule has 0 spiro atoms. The van der Waals surface area contributed by atoms with Crippen LogP contribution in [-0.2, 0) is 0 Å². The molecule has 2 aromatic rings. The molecule has 110 valence electrons. The fraction of sp³-hybridized carbons (Fsp3) is 0.238. The van der Waals surface area contributed by atoms with Crippen molar-refractivity contribution in [3.05, 3.63) is 66.2 Å². The van der Waals surface area contributed by atoms with Crippen LogP contribution in [0.15, 0.2) is 60.7 Å². The highest BCUT2D eigenvalue weighted by Gasteiger charge is 2.22. The first kappa shape index (κ1) is 14.5. The minimum Gasteiger partial charge on any atom is -0.323 e. The van der Waals surface area contributed by atoms with Crippen LogP contribution in [0.5, 0.6) is 0 Å². The van der Waals surface area contributed by atoms with Crippen molar-refractivity contribution in [1.29, 1.82) is 0 Å². The summed E-state index contributed by atoms with van der Waals surface area (Å²) in [7, 11) is 0. The predicted octanol–water partition coefficient (Wildman–Crippen LogP) is 5.27. The van der Waals surface area contributed by atoms with Crippen LogP contribution >= 0.6 is 0 Å². The molecule has 1 heteroatoms. The highest BCUT2D eigenvalue weighted by Crippen LogP contribution is 2.35. The number of fused-ring (bicyclic) bond motifs is 1. The zero-order valence-electron chi connectivity index (χ0n) is 13.4. The summed E-state index contributed by atoms with van der Waals surface area (Å²) >= 11 is 0. The van der Waals surface area contributed by atoms with E-state index in [0.717, 1.165) is 0 Å². The molecule has 1 aliphatic heterocycles. The van der Waals surface area contributed by atoms with E-state index in [9.17, 15) is 0 Å². The van der Waals surface area contributed by atoms with E-state index < -0.39 is 0 Å². The fourth-order valence-electron chi connectivity index (χ4n) is 2.57. The van der Waals surface area contributed by atoms with Gasteiger partial charge in [0, 0.05) is 16.8 Å². The van der Waals surface area contributed by atoms with Gasteiger partial charge in [0.1, 0.15) is 6.04 Å². The number of anilines is 2. The molecule has 0 saturated carbocycles. The van der Waals surface area contributed by atoms with Gasteiger partial charge in [0.2, 0.25) is 0 Å². The van der Waals surface area contributed by atoms with Crippen LogP contribution in [0.2, 0.25) is 0 Å². The summed E-state index contributed by atoms with van der Waals surface area (Å²) in [5.74, 6) is 6.82. The molecule has 0 bridgehead atoms. The van der Waals surface area contributed by atoms with Crippen molar-refractivity contribution >= 4 is 17.5 Å². The van der Waals surface area contributed by atoms with Gasteiger partial charge in [-0.05, 0) is 50.6 Å². The summed E-state index contributed by atoms with van der Waals surface area (Å²) < 4.78 is 0. The number of hydrogen-bond acceptors (Lipinski definition) is 1. The third-order valence-corrected chi connectivity index (χ3v) is 3.56. The van der Waals surface area contributed by atoms with Crippen LogP contribution < -0.4 is 4.90 Å². The van der Waals surface area contributed by atoms with Gasteiger partial charge in [0.05, 0.1) is 0 Å². The standard InChI is InChI=1S/C21H21N/c1-21(2,3)16-15-19-14-13-17-9-7-8-12-20(17)22(19)18-10-5-4-6-11-18/h4-14,19H,1-3H3. The van der Waals surface area contributed by atoms with E-state index in [4.69, 9.17) is 0 Å². The Morgan fingerprint density at radius 3 is 2.32 bits per heavy atom. The van der Waals surface area contributed by atoms with Gasteiger partial charge in [0.25, 0.3) is 0 Å². The molecule has 0 N–H and O–H groups in total. The maximum absolute atomic E-state index is 3.44. The van der Waals surface area contributed by atoms with Gasteiger partial charge in [-0.15, -0.1) is 0 Å². The van der Waals surface area contributed by atoms with E-state index >= 15 is 0 Å². The smallest absolute Gasteiger partial charge is 0.114 e. The van der Waals surface area contributed by atoms with Crippen molar-refractivity contribution in [1.82, 2.24) is 0 Å². The maximum atomic E-state index is 3.44. The SMILES string of the molecule is CC(C)(C)C#CC1C=Cc2ccccc2N1c1ccccc1. The second-order valence-corrected chi connectivity index (χ2v) is 6.59. The summed E-state index contributed by atoms with van der Waals surface area (Å²) in [4.78, 5) is 2.31. The zero-order chi connectivity index (χ0) is 15.6. The van der Waals surface area contributed by atoms with E-state index in [2.05, 4.69) is 98.2 Å². The molecule has 0 aromatic heterocycles. The Morgan fingerprint density at radius 1 is 0.909 bits per heavy atom. The molecular weight excluding hydrogens is 266 g/mol. The van der Waals surface area contributed by atoms with Gasteiger partial charge >= 0.3 is 0 Å². The van der Waals surface area contributed by atoms with Crippen molar-refractivity contribution in [2.24, 2.45) is 5.41 Å². The maximum Gasteiger partial charge on any atom is 0.114 e. The lowest BCUT2D eigenvalue weighted by Crippen LogP contribution is -2.31. The molecule has 0 saturated heterocycles. The Hall–Kier alpha value is -2.46. The Labute approximate surface area is 133 Å². The average molecular weight is 287 g/mol. The lowest BCUT2D eigenvalue weighted by atomic mass is 9.96. The van der Waals surface area contributed by atoms with Crippen molar-refractivity contribution < 1.29 is 0 Å². The Balaban J connectivity index is 2.09. The van der Waals surface area contributed by atoms with Crippen LogP contribution in [0.4, 0.5) is 11.4 Å². The number of para-hydroxylation sites is 2. The molecular formula is C21H21N. The van der Waals surface area contributed by atoms with Crippen LogP contribution in [0.1, 0.15) is 26.3 Å². The van der Waals surface area contributed by atoms with Gasteiger partial charge in [-0.1, -0.05) is 54.3 Å². The molecule has 22 heavy (non-hydrogen) atoms. The van der Waals surface area contributed by atoms with Gasteiger partial charge in [-0.3, -0.25) is 0 Å². The van der Waals surface area contributed by atoms with Crippen molar-refractivity contribution in [3.63, 3.8) is 0 Å². The number of rotatable bonds is 1. The van der Waals surface area contributed by atoms with Crippen LogP contribution in [0.3, 0.4) is 0 Å². The van der Waals surface area contributed by atoms with E-state index in [1.54, 1.807) is 0 Å². The van der Waals surface area contributed by atoms with Crippen molar-refractivity contribution in [2.75, 3.05) is 4.90 Å². The van der Waals surface area contributed by atoms with E-state index in [0.29, 0.717) is 0 Å². The molecule has 1 heterocycles. The van der Waals surface area contributed by atoms with Crippen LogP contribution in [0.25, 0.3) is 6.08 Å². The first-order valence-corrected chi connectivity index (χ1v) is 7.69. The van der Waals surface area contributed by atoms with Crippen molar-refractivity contribution in [2.45, 2.75) is 26.8 Å². The molecule has 0 fully saturated rings. The summed E-state index contributed by atoms with van der Waals surface area (Å²) in [6, 6.07) is 19.0. The number of hydrogen-bond donors (Lipinski definition) is 0. The molecule has 1 unspecified atom stereocenters. The summed E-state index contributed by atoms with van der Waals surface area (Å²) in [5, 5.41) is 0. The summed E-state index contributed by atoms with van der Waals surface area (Å²) in [6.45, 7) is 6.44. The molecule has 1 aliphatic rings. The summed E-state index contributed by atoms with van der Waals surface area (Å²) in [5.41, 5.74) is 3.63. The van der Waals surface area contributed by atoms with E-state index in [1.807, 2.05) is 6.07 Å². The lowest BCUT2D eigenvalue weighted by Gasteiger charge is -2.33. The van der Waals surface area contributed by atoms with Gasteiger partial charge < -0.3 is 4.90 Å². The van der Waals surface area contributed by atoms with Gasteiger partial charge in [-0.25, -0.2) is 0 Å². The zero-order valence-corrected chi connectivity index (χ0v) is 13.4. The molecule has 0 amide bonds. The lowest BCUT2D eigenvalue weighted by molar-refractivity contribution is 0.570. The second kappa shape index (κ2) is 5.73. The topological polar surface area (TPSA) is 3.24 Å². The van der Waals surface area contributed by atoms with E-state index in [-0.39, 0.29) is 11.5 Å². The predicted molar refractivity (Wildman–Crippen MR) is 95.1 cm³/mol. The third-order valence-electron chi connectivity index (χ3n) is 3.56. The quantitative estimate of drug-likeness (QED) is 0.646. The Morgan fingerprint density at radius 2 is 1.59 bits per heavy atom. The van der Waals surface area contributed by atoms with E-state index in [1.165, 1.54) is 16.9 Å². The normalized spacial score (nSPS) is 16.7. The molecule has 1 nitrogen and oxygen atoms in total. The monoisotopic (exact) mass is 287 g/mol. The fourth-order valence-corrected chi connectivity index (χ4v) is 2.57. The molecule has 2 aromatic carbocycles. The second-order valence-electron chi connectivity index (χ2n) is 6.59. The number of benzene rings is 2. The summed E-state index contributed by atoms with van der Waals surface area (Å²) in [6.07, 6.45) is 4.37. The van der Waals surface area contributed by atoms with Crippen molar-refractivity contribution in [3.8, 4) is 11.8 Å². The third kappa shape index (κ3) is 3.07. The largest absolute Gasteiger partial charge is 0.323 e. The Kier molecular flexibility index (Phi) is 3.77. The van der Waals surface area contributed by atoms with Crippen LogP contribution in [0, 0.1) is 17.3 Å². The molecule has 1 atom stereocenters. The highest BCUT2D eigenvalue weighted by atomic mass is 15.2. The Bertz CT molecular complexity index is 739. The first-order chi connectivity index (χ1) is 10.5. The molecule has 3 rings (SSSR count). The minimum atomic E-state index is 0.00711. The first-order valence-electron chi connectivity index (χ1n) is 7.69. The molecule has 0 radical (unpaired) electrons. The average Bonchev–Trinajstić information content (AvgIpc) is 2.52. The van der Waals surface area contributed by atoms with Crippen LogP contribution in [-0.4, -0.2) is 6.04 Å². The highest BCUT2D eigenvalue weighted by molar-refractivity contribution is 5.79. The minimum absolute atomic E-state index is 0.00711. The number of nitrogens with zero attached hydrogens (tertiary/aromatic N) is 1. The molecule has 0 aliphatic carbocycles. The van der Waals surface area contributed by atoms with Gasteiger partial charge in [0.15, 0.2) is 0 Å².